The second-order valence-corrected chi connectivity index (χ2v) is 8.26. The molecule has 2 amide bonds. The Hall–Kier alpha value is -2.19. The molecule has 0 unspecified atom stereocenters. The highest BCUT2D eigenvalue weighted by atomic mass is 32.1. The third-order valence-corrected chi connectivity index (χ3v) is 6.40. The Morgan fingerprint density at radius 2 is 2.30 bits per heavy atom. The fourth-order valence-electron chi connectivity index (χ4n) is 4.18. The predicted molar refractivity (Wildman–Crippen MR) is 103 cm³/mol. The molecule has 2 aliphatic rings. The minimum Gasteiger partial charge on any atom is -0.458 e. The maximum absolute atomic E-state index is 13.0. The van der Waals surface area contributed by atoms with Gasteiger partial charge in [0.15, 0.2) is 10.9 Å². The van der Waals surface area contributed by atoms with E-state index < -0.39 is 0 Å². The van der Waals surface area contributed by atoms with Gasteiger partial charge in [0.1, 0.15) is 11.5 Å². The molecule has 2 fully saturated rings. The van der Waals surface area contributed by atoms with Gasteiger partial charge in [0.2, 0.25) is 11.8 Å². The molecule has 0 aromatic carbocycles. The monoisotopic (exact) mass is 388 g/mol. The number of rotatable bonds is 5. The molecule has 0 radical (unpaired) electrons. The lowest BCUT2D eigenvalue weighted by atomic mass is 9.68. The molecule has 3 N–H and O–H groups in total. The van der Waals surface area contributed by atoms with Gasteiger partial charge in [-0.3, -0.25) is 9.59 Å². The number of carbonyl (C=O) groups is 2. The molecule has 8 heteroatoms. The van der Waals surface area contributed by atoms with Gasteiger partial charge in [-0.2, -0.15) is 0 Å². The number of hydrogen-bond acceptors (Lipinski definition) is 6. The van der Waals surface area contributed by atoms with Crippen LogP contribution >= 0.6 is 11.3 Å². The van der Waals surface area contributed by atoms with Gasteiger partial charge in [-0.25, -0.2) is 4.98 Å². The van der Waals surface area contributed by atoms with Crippen molar-refractivity contribution in [2.45, 2.75) is 39.2 Å². The molecule has 0 spiro atoms. The van der Waals surface area contributed by atoms with Crippen molar-refractivity contribution in [2.24, 2.45) is 11.3 Å². The lowest BCUT2D eigenvalue weighted by Gasteiger charge is -2.36. The number of hydrogen-bond donors (Lipinski definition) is 3. The smallest absolute Gasteiger partial charge is 0.233 e. The molecule has 7 nitrogen and oxygen atoms in total. The number of thiazole rings is 1. The lowest BCUT2D eigenvalue weighted by Crippen LogP contribution is -2.44. The normalized spacial score (nSPS) is 24.4. The zero-order valence-corrected chi connectivity index (χ0v) is 16.2. The first-order valence-corrected chi connectivity index (χ1v) is 10.3. The molecule has 4 rings (SSSR count). The van der Waals surface area contributed by atoms with Crippen molar-refractivity contribution in [2.75, 3.05) is 18.4 Å². The first-order valence-electron chi connectivity index (χ1n) is 9.38. The van der Waals surface area contributed by atoms with E-state index in [-0.39, 0.29) is 17.2 Å². The average molecular weight is 388 g/mol. The molecule has 27 heavy (non-hydrogen) atoms. The van der Waals surface area contributed by atoms with Crippen LogP contribution in [0.3, 0.4) is 0 Å². The maximum atomic E-state index is 13.0. The van der Waals surface area contributed by atoms with E-state index in [0.717, 1.165) is 32.4 Å². The van der Waals surface area contributed by atoms with Gasteiger partial charge in [-0.1, -0.05) is 12.8 Å². The van der Waals surface area contributed by atoms with Crippen LogP contribution in [-0.2, 0) is 16.1 Å². The number of furan rings is 1. The first kappa shape index (κ1) is 18.2. The molecule has 0 bridgehead atoms. The highest BCUT2D eigenvalue weighted by Crippen LogP contribution is 2.44. The van der Waals surface area contributed by atoms with Gasteiger partial charge >= 0.3 is 0 Å². The number of amides is 2. The minimum absolute atomic E-state index is 0.0869. The van der Waals surface area contributed by atoms with E-state index in [1.54, 1.807) is 0 Å². The van der Waals surface area contributed by atoms with E-state index in [0.29, 0.717) is 34.8 Å². The Morgan fingerprint density at radius 1 is 1.41 bits per heavy atom. The summed E-state index contributed by atoms with van der Waals surface area (Å²) in [5, 5.41) is 11.6. The van der Waals surface area contributed by atoms with Gasteiger partial charge in [-0.15, -0.1) is 11.3 Å². The standard InChI is InChI=1S/C19H24N4O3S/c1-12(24)21-9-14-5-6-16(26-14)15-10-27-18(22-15)23-17(25)19-7-3-2-4-13(19)8-20-11-19/h5-6,10,13,20H,2-4,7-9,11H2,1H3,(H,21,24)(H,22,23,25)/t13-,19+/m0/s1. The second-order valence-electron chi connectivity index (χ2n) is 7.40. The summed E-state index contributed by atoms with van der Waals surface area (Å²) in [6.45, 7) is 3.50. The third-order valence-electron chi connectivity index (χ3n) is 5.64. The Bertz CT molecular complexity index is 846. The molecular formula is C19H24N4O3S. The van der Waals surface area contributed by atoms with E-state index in [1.165, 1.54) is 24.7 Å². The van der Waals surface area contributed by atoms with E-state index in [2.05, 4.69) is 20.9 Å². The summed E-state index contributed by atoms with van der Waals surface area (Å²) in [6.07, 6.45) is 4.38. The molecule has 3 heterocycles. The van der Waals surface area contributed by atoms with E-state index in [1.807, 2.05) is 17.5 Å². The molecule has 1 aliphatic carbocycles. The topological polar surface area (TPSA) is 96.3 Å². The number of nitrogens with zero attached hydrogens (tertiary/aromatic N) is 1. The van der Waals surface area contributed by atoms with Crippen molar-refractivity contribution >= 4 is 28.3 Å². The minimum atomic E-state index is -0.291. The third kappa shape index (κ3) is 3.64. The predicted octanol–water partition coefficient (Wildman–Crippen LogP) is 2.76. The van der Waals surface area contributed by atoms with Crippen LogP contribution in [0.1, 0.15) is 38.4 Å². The van der Waals surface area contributed by atoms with Crippen LogP contribution in [0.5, 0.6) is 0 Å². The molecule has 144 valence electrons. The quantitative estimate of drug-likeness (QED) is 0.732. The number of fused-ring (bicyclic) bond motifs is 1. The van der Waals surface area contributed by atoms with Crippen LogP contribution in [-0.4, -0.2) is 29.9 Å². The van der Waals surface area contributed by atoms with Crippen molar-refractivity contribution in [3.63, 3.8) is 0 Å². The fraction of sp³-hybridized carbons (Fsp3) is 0.526. The van der Waals surface area contributed by atoms with Crippen molar-refractivity contribution in [1.82, 2.24) is 15.6 Å². The van der Waals surface area contributed by atoms with Crippen molar-refractivity contribution < 1.29 is 14.0 Å². The van der Waals surface area contributed by atoms with Crippen molar-refractivity contribution in [3.8, 4) is 11.5 Å². The van der Waals surface area contributed by atoms with Gasteiger partial charge < -0.3 is 20.4 Å². The van der Waals surface area contributed by atoms with Gasteiger partial charge in [0.05, 0.1) is 12.0 Å². The van der Waals surface area contributed by atoms with E-state index in [9.17, 15) is 9.59 Å². The second kappa shape index (κ2) is 7.44. The summed E-state index contributed by atoms with van der Waals surface area (Å²) >= 11 is 1.40. The first-order chi connectivity index (χ1) is 13.1. The van der Waals surface area contributed by atoms with E-state index >= 15 is 0 Å². The summed E-state index contributed by atoms with van der Waals surface area (Å²) in [4.78, 5) is 28.5. The van der Waals surface area contributed by atoms with Gasteiger partial charge in [-0.05, 0) is 37.4 Å². The Kier molecular flexibility index (Phi) is 5.01. The highest BCUT2D eigenvalue weighted by Gasteiger charge is 2.50. The number of carbonyl (C=O) groups excluding carboxylic acids is 2. The molecule has 2 aromatic rings. The Balaban J connectivity index is 1.44. The zero-order valence-electron chi connectivity index (χ0n) is 15.3. The van der Waals surface area contributed by atoms with Crippen LogP contribution in [0.15, 0.2) is 21.9 Å². The maximum Gasteiger partial charge on any atom is 0.233 e. The Morgan fingerprint density at radius 3 is 3.15 bits per heavy atom. The number of nitrogens with one attached hydrogen (secondary N) is 3. The number of aromatic nitrogens is 1. The van der Waals surface area contributed by atoms with Crippen LogP contribution in [0.4, 0.5) is 5.13 Å². The van der Waals surface area contributed by atoms with Crippen LogP contribution in [0.25, 0.3) is 11.5 Å². The SMILES string of the molecule is CC(=O)NCc1ccc(-c2csc(NC(=O)[C@@]34CCCC[C@H]3CNC4)n2)o1. The van der Waals surface area contributed by atoms with Crippen molar-refractivity contribution in [1.29, 1.82) is 0 Å². The summed E-state index contributed by atoms with van der Waals surface area (Å²) in [7, 11) is 0. The zero-order chi connectivity index (χ0) is 18.9. The highest BCUT2D eigenvalue weighted by molar-refractivity contribution is 7.14. The van der Waals surface area contributed by atoms with Crippen LogP contribution < -0.4 is 16.0 Å². The average Bonchev–Trinajstić information content (AvgIpc) is 3.38. The molecule has 2 aromatic heterocycles. The molecular weight excluding hydrogens is 364 g/mol. The summed E-state index contributed by atoms with van der Waals surface area (Å²) in [5.74, 6) is 1.70. The van der Waals surface area contributed by atoms with Crippen molar-refractivity contribution in [3.05, 3.63) is 23.3 Å². The molecule has 2 atom stereocenters. The number of anilines is 1. The molecule has 1 saturated carbocycles. The Labute approximate surface area is 161 Å². The molecule has 1 saturated heterocycles. The van der Waals surface area contributed by atoms with Crippen LogP contribution in [0.2, 0.25) is 0 Å². The summed E-state index contributed by atoms with van der Waals surface area (Å²) in [6, 6.07) is 3.65. The van der Waals surface area contributed by atoms with Gasteiger partial charge in [0.25, 0.3) is 0 Å². The largest absolute Gasteiger partial charge is 0.458 e. The summed E-state index contributed by atoms with van der Waals surface area (Å²) < 4.78 is 5.73. The molecule has 1 aliphatic heterocycles. The lowest BCUT2D eigenvalue weighted by molar-refractivity contribution is -0.128. The van der Waals surface area contributed by atoms with E-state index in [4.69, 9.17) is 4.42 Å². The summed E-state index contributed by atoms with van der Waals surface area (Å²) in [5.41, 5.74) is 0.395. The van der Waals surface area contributed by atoms with Gasteiger partial charge in [0, 0.05) is 18.8 Å². The fourth-order valence-corrected chi connectivity index (χ4v) is 4.87. The van der Waals surface area contributed by atoms with Crippen LogP contribution in [0, 0.1) is 11.3 Å².